The average Bonchev–Trinajstić information content (AvgIpc) is 2.19. The third-order valence-corrected chi connectivity index (χ3v) is 1.96. The lowest BCUT2D eigenvalue weighted by Gasteiger charge is -2.02. The van der Waals surface area contributed by atoms with Crippen LogP contribution < -0.4 is 5.32 Å². The van der Waals surface area contributed by atoms with Gasteiger partial charge in [-0.15, -0.1) is 0 Å². The maximum Gasteiger partial charge on any atom is -0.00197 e. The molecule has 0 bridgehead atoms. The van der Waals surface area contributed by atoms with Gasteiger partial charge in [0.2, 0.25) is 0 Å². The van der Waals surface area contributed by atoms with Crippen molar-refractivity contribution < 1.29 is 0 Å². The average molecular weight is 131 g/mol. The van der Waals surface area contributed by atoms with Gasteiger partial charge in [0, 0.05) is 0 Å². The smallest absolute Gasteiger partial charge is 0.00197 e. The second kappa shape index (κ2) is 3.36. The van der Waals surface area contributed by atoms with Crippen molar-refractivity contribution in [3.05, 3.63) is 0 Å². The van der Waals surface area contributed by atoms with Crippen LogP contribution in [-0.2, 0) is 0 Å². The van der Waals surface area contributed by atoms with Gasteiger partial charge in [-0.1, -0.05) is 0 Å². The first-order valence-electron chi connectivity index (χ1n) is 3.25. The summed E-state index contributed by atoms with van der Waals surface area (Å²) in [6.07, 6.45) is 2.65. The molecular weight excluding hydrogens is 118 g/mol. The Morgan fingerprint density at radius 2 is 2.50 bits per heavy atom. The number of hydrogen-bond acceptors (Lipinski definition) is 2. The van der Waals surface area contributed by atoms with Crippen molar-refractivity contribution in [2.75, 3.05) is 18.8 Å². The van der Waals surface area contributed by atoms with Crippen molar-refractivity contribution in [3.63, 3.8) is 0 Å². The Morgan fingerprint density at radius 1 is 1.62 bits per heavy atom. The van der Waals surface area contributed by atoms with Crippen molar-refractivity contribution in [1.82, 2.24) is 5.32 Å². The SMILES string of the molecule is SCC[C@H]1CCNC1. The van der Waals surface area contributed by atoms with E-state index in [-0.39, 0.29) is 0 Å². The Bertz CT molecular complexity index is 59.5. The van der Waals surface area contributed by atoms with Gasteiger partial charge in [0.25, 0.3) is 0 Å². The fraction of sp³-hybridized carbons (Fsp3) is 1.00. The highest BCUT2D eigenvalue weighted by molar-refractivity contribution is 7.80. The van der Waals surface area contributed by atoms with E-state index in [1.165, 1.54) is 25.9 Å². The molecule has 0 amide bonds. The van der Waals surface area contributed by atoms with Crippen LogP contribution >= 0.6 is 12.6 Å². The summed E-state index contributed by atoms with van der Waals surface area (Å²) in [5.74, 6) is 1.97. The van der Waals surface area contributed by atoms with Crippen molar-refractivity contribution in [2.45, 2.75) is 12.8 Å². The number of hydrogen-bond donors (Lipinski definition) is 2. The van der Waals surface area contributed by atoms with Crippen LogP contribution in [0, 0.1) is 5.92 Å². The molecule has 0 aliphatic carbocycles. The molecule has 8 heavy (non-hydrogen) atoms. The van der Waals surface area contributed by atoms with Crippen molar-refractivity contribution in [2.24, 2.45) is 5.92 Å². The molecule has 0 saturated carbocycles. The molecule has 0 spiro atoms. The zero-order chi connectivity index (χ0) is 5.82. The summed E-state index contributed by atoms with van der Waals surface area (Å²) in [6.45, 7) is 2.44. The van der Waals surface area contributed by atoms with Gasteiger partial charge in [0.15, 0.2) is 0 Å². The van der Waals surface area contributed by atoms with E-state index in [1.54, 1.807) is 0 Å². The van der Waals surface area contributed by atoms with Crippen LogP contribution in [-0.4, -0.2) is 18.8 Å². The predicted molar refractivity (Wildman–Crippen MR) is 39.4 cm³/mol. The third-order valence-electron chi connectivity index (χ3n) is 1.70. The Kier molecular flexibility index (Phi) is 2.70. The highest BCUT2D eigenvalue weighted by Gasteiger charge is 2.11. The summed E-state index contributed by atoms with van der Waals surface area (Å²) in [5.41, 5.74) is 0. The van der Waals surface area contributed by atoms with E-state index >= 15 is 0 Å². The second-order valence-corrected chi connectivity index (χ2v) is 2.82. The highest BCUT2D eigenvalue weighted by Crippen LogP contribution is 2.11. The lowest BCUT2D eigenvalue weighted by molar-refractivity contribution is 0.568. The van der Waals surface area contributed by atoms with Gasteiger partial charge in [-0.3, -0.25) is 0 Å². The largest absolute Gasteiger partial charge is 0.316 e. The summed E-state index contributed by atoms with van der Waals surface area (Å²) in [4.78, 5) is 0. The molecule has 0 unspecified atom stereocenters. The first-order valence-corrected chi connectivity index (χ1v) is 3.88. The molecule has 1 rings (SSSR count). The lowest BCUT2D eigenvalue weighted by Crippen LogP contribution is -2.08. The van der Waals surface area contributed by atoms with Crippen molar-refractivity contribution in [3.8, 4) is 0 Å². The van der Waals surface area contributed by atoms with Crippen LogP contribution in [0.15, 0.2) is 0 Å². The molecule has 1 fully saturated rings. The van der Waals surface area contributed by atoms with E-state index in [1.807, 2.05) is 0 Å². The minimum Gasteiger partial charge on any atom is -0.316 e. The molecule has 0 aromatic carbocycles. The Morgan fingerprint density at radius 3 is 3.00 bits per heavy atom. The van der Waals surface area contributed by atoms with Crippen LogP contribution in [0.5, 0.6) is 0 Å². The van der Waals surface area contributed by atoms with E-state index in [4.69, 9.17) is 0 Å². The summed E-state index contributed by atoms with van der Waals surface area (Å²) in [5, 5.41) is 3.32. The minimum absolute atomic E-state index is 0.924. The van der Waals surface area contributed by atoms with E-state index in [2.05, 4.69) is 17.9 Å². The molecule has 0 aromatic heterocycles. The molecule has 1 atom stereocenters. The fourth-order valence-electron chi connectivity index (χ4n) is 1.14. The maximum absolute atomic E-state index is 4.17. The summed E-state index contributed by atoms with van der Waals surface area (Å²) in [7, 11) is 0. The van der Waals surface area contributed by atoms with E-state index in [0.29, 0.717) is 0 Å². The van der Waals surface area contributed by atoms with Gasteiger partial charge in [-0.2, -0.15) is 12.6 Å². The number of rotatable bonds is 2. The van der Waals surface area contributed by atoms with Gasteiger partial charge in [0.1, 0.15) is 0 Å². The van der Waals surface area contributed by atoms with E-state index in [9.17, 15) is 0 Å². The van der Waals surface area contributed by atoms with Crippen molar-refractivity contribution >= 4 is 12.6 Å². The summed E-state index contributed by atoms with van der Waals surface area (Å²) < 4.78 is 0. The van der Waals surface area contributed by atoms with E-state index < -0.39 is 0 Å². The fourth-order valence-corrected chi connectivity index (χ4v) is 1.51. The molecule has 2 heteroatoms. The van der Waals surface area contributed by atoms with Crippen LogP contribution in [0.4, 0.5) is 0 Å². The topological polar surface area (TPSA) is 12.0 Å². The Balaban J connectivity index is 2.06. The minimum atomic E-state index is 0.924. The van der Waals surface area contributed by atoms with Crippen LogP contribution in [0.1, 0.15) is 12.8 Å². The van der Waals surface area contributed by atoms with Gasteiger partial charge >= 0.3 is 0 Å². The Hall–Kier alpha value is 0.310. The molecule has 1 nitrogen and oxygen atoms in total. The molecule has 1 heterocycles. The molecular formula is C6H13NS. The standard InChI is InChI=1S/C6H13NS/c8-4-2-6-1-3-7-5-6/h6-8H,1-5H2/t6-/m1/s1. The molecule has 1 saturated heterocycles. The van der Waals surface area contributed by atoms with Crippen LogP contribution in [0.3, 0.4) is 0 Å². The number of thiol groups is 1. The highest BCUT2D eigenvalue weighted by atomic mass is 32.1. The van der Waals surface area contributed by atoms with Crippen molar-refractivity contribution in [1.29, 1.82) is 0 Å². The molecule has 1 N–H and O–H groups in total. The molecule has 1 aliphatic rings. The quantitative estimate of drug-likeness (QED) is 0.531. The van der Waals surface area contributed by atoms with Gasteiger partial charge in [0.05, 0.1) is 0 Å². The van der Waals surface area contributed by atoms with Crippen LogP contribution in [0.2, 0.25) is 0 Å². The predicted octanol–water partition coefficient (Wildman–Crippen LogP) is 0.916. The third kappa shape index (κ3) is 1.67. The molecule has 0 aromatic rings. The molecule has 0 radical (unpaired) electrons. The first kappa shape index (κ1) is 6.43. The lowest BCUT2D eigenvalue weighted by atomic mass is 10.1. The van der Waals surface area contributed by atoms with Crippen LogP contribution in [0.25, 0.3) is 0 Å². The zero-order valence-corrected chi connectivity index (χ0v) is 5.95. The molecule has 1 aliphatic heterocycles. The normalized spacial score (nSPS) is 28.9. The molecule has 48 valence electrons. The summed E-state index contributed by atoms with van der Waals surface area (Å²) >= 11 is 4.17. The second-order valence-electron chi connectivity index (χ2n) is 2.37. The first-order chi connectivity index (χ1) is 3.93. The number of nitrogens with one attached hydrogen (secondary N) is 1. The summed E-state index contributed by atoms with van der Waals surface area (Å²) in [6, 6.07) is 0. The maximum atomic E-state index is 4.17. The van der Waals surface area contributed by atoms with Gasteiger partial charge < -0.3 is 5.32 Å². The van der Waals surface area contributed by atoms with Gasteiger partial charge in [-0.05, 0) is 37.6 Å². The zero-order valence-electron chi connectivity index (χ0n) is 5.06. The Labute approximate surface area is 56.3 Å². The monoisotopic (exact) mass is 131 g/mol. The van der Waals surface area contributed by atoms with Gasteiger partial charge in [-0.25, -0.2) is 0 Å². The van der Waals surface area contributed by atoms with E-state index in [0.717, 1.165) is 11.7 Å².